The number of amides is 1. The first-order valence-corrected chi connectivity index (χ1v) is 8.49. The fourth-order valence-corrected chi connectivity index (χ4v) is 3.62. The summed E-state index contributed by atoms with van der Waals surface area (Å²) >= 11 is 0. The number of aromatic nitrogens is 4. The van der Waals surface area contributed by atoms with Gasteiger partial charge in [0.15, 0.2) is 5.82 Å². The van der Waals surface area contributed by atoms with Crippen LogP contribution >= 0.6 is 0 Å². The van der Waals surface area contributed by atoms with Gasteiger partial charge in [0.25, 0.3) is 5.78 Å². The van der Waals surface area contributed by atoms with Crippen molar-refractivity contribution >= 4 is 11.7 Å². The minimum Gasteiger partial charge on any atom is -0.346 e. The summed E-state index contributed by atoms with van der Waals surface area (Å²) < 4.78 is 29.1. The normalized spacial score (nSPS) is 16.1. The molecule has 1 saturated carbocycles. The second-order valence-electron chi connectivity index (χ2n) is 6.53. The minimum absolute atomic E-state index is 0.0338. The summed E-state index contributed by atoms with van der Waals surface area (Å²) in [4.78, 5) is 20.9. The number of nitrogens with zero attached hydrogens (tertiary/aromatic N) is 4. The number of hydrogen-bond acceptors (Lipinski definition) is 4. The Hall–Kier alpha value is -2.90. The van der Waals surface area contributed by atoms with Crippen LogP contribution in [0.15, 0.2) is 36.7 Å². The highest BCUT2D eigenvalue weighted by molar-refractivity contribution is 5.79. The number of hydrogen-bond donors (Lipinski definition) is 1. The molecule has 1 amide bonds. The Morgan fingerprint density at radius 2 is 2.08 bits per heavy atom. The van der Waals surface area contributed by atoms with Crippen LogP contribution in [-0.2, 0) is 16.8 Å². The lowest BCUT2D eigenvalue weighted by atomic mass is 9.87. The highest BCUT2D eigenvalue weighted by atomic mass is 19.1. The van der Waals surface area contributed by atoms with Crippen molar-refractivity contribution in [2.45, 2.75) is 37.6 Å². The van der Waals surface area contributed by atoms with Gasteiger partial charge in [-0.25, -0.2) is 18.3 Å². The van der Waals surface area contributed by atoms with E-state index in [1.165, 1.54) is 16.6 Å². The van der Waals surface area contributed by atoms with Crippen molar-refractivity contribution in [2.24, 2.45) is 0 Å². The molecule has 1 aliphatic carbocycles. The maximum absolute atomic E-state index is 14.3. The fraction of sp³-hybridized carbons (Fsp3) is 0.333. The van der Waals surface area contributed by atoms with E-state index in [4.69, 9.17) is 0 Å². The predicted octanol–water partition coefficient (Wildman–Crippen LogP) is 2.53. The standard InChI is InChI=1S/C18H17F2N5O/c19-12-4-5-13(14(20)10-12)18(6-1-2-7-18)23-16(26)11-15-22-17-21-8-3-9-25(17)24-15/h3-5,8-10H,1-2,6-7,11H2,(H,23,26). The van der Waals surface area contributed by atoms with Gasteiger partial charge in [0.2, 0.25) is 5.91 Å². The molecule has 0 saturated heterocycles. The quantitative estimate of drug-likeness (QED) is 0.779. The maximum Gasteiger partial charge on any atom is 0.252 e. The van der Waals surface area contributed by atoms with Crippen LogP contribution in [0.3, 0.4) is 0 Å². The Labute approximate surface area is 148 Å². The third-order valence-corrected chi connectivity index (χ3v) is 4.76. The lowest BCUT2D eigenvalue weighted by Crippen LogP contribution is -2.45. The molecular weight excluding hydrogens is 340 g/mol. The molecule has 2 aromatic heterocycles. The van der Waals surface area contributed by atoms with Crippen LogP contribution in [0.25, 0.3) is 5.78 Å². The molecule has 0 aliphatic heterocycles. The molecule has 8 heteroatoms. The zero-order chi connectivity index (χ0) is 18.1. The van der Waals surface area contributed by atoms with Crippen molar-refractivity contribution in [1.29, 1.82) is 0 Å². The maximum atomic E-state index is 14.3. The summed E-state index contributed by atoms with van der Waals surface area (Å²) in [5.74, 6) is -0.815. The highest BCUT2D eigenvalue weighted by Gasteiger charge is 2.39. The van der Waals surface area contributed by atoms with E-state index in [9.17, 15) is 13.6 Å². The molecule has 26 heavy (non-hydrogen) atoms. The highest BCUT2D eigenvalue weighted by Crippen LogP contribution is 2.40. The number of benzene rings is 1. The molecule has 134 valence electrons. The second kappa shape index (κ2) is 6.44. The summed E-state index contributed by atoms with van der Waals surface area (Å²) in [6.07, 6.45) is 6.22. The predicted molar refractivity (Wildman–Crippen MR) is 89.1 cm³/mol. The van der Waals surface area contributed by atoms with Crippen molar-refractivity contribution in [3.05, 3.63) is 59.7 Å². The Balaban J connectivity index is 1.57. The first kappa shape index (κ1) is 16.6. The molecule has 4 rings (SSSR count). The van der Waals surface area contributed by atoms with Crippen LogP contribution in [0.4, 0.5) is 8.78 Å². The van der Waals surface area contributed by atoms with Gasteiger partial charge in [0.1, 0.15) is 11.6 Å². The summed E-state index contributed by atoms with van der Waals surface area (Å²) in [6.45, 7) is 0. The van der Waals surface area contributed by atoms with E-state index in [1.54, 1.807) is 18.5 Å². The second-order valence-corrected chi connectivity index (χ2v) is 6.53. The Morgan fingerprint density at radius 3 is 2.81 bits per heavy atom. The molecule has 2 heterocycles. The van der Waals surface area contributed by atoms with Gasteiger partial charge in [-0.1, -0.05) is 18.9 Å². The van der Waals surface area contributed by atoms with E-state index in [1.807, 2.05) is 0 Å². The largest absolute Gasteiger partial charge is 0.346 e. The smallest absolute Gasteiger partial charge is 0.252 e. The van der Waals surface area contributed by atoms with Crippen LogP contribution in [0, 0.1) is 11.6 Å². The van der Waals surface area contributed by atoms with Gasteiger partial charge in [-0.15, -0.1) is 5.10 Å². The topological polar surface area (TPSA) is 72.2 Å². The number of carbonyl (C=O) groups is 1. The Kier molecular flexibility index (Phi) is 4.10. The van der Waals surface area contributed by atoms with E-state index in [0.717, 1.165) is 18.9 Å². The van der Waals surface area contributed by atoms with Gasteiger partial charge in [-0.2, -0.15) is 4.98 Å². The van der Waals surface area contributed by atoms with Gasteiger partial charge in [0.05, 0.1) is 12.0 Å². The lowest BCUT2D eigenvalue weighted by molar-refractivity contribution is -0.122. The average molecular weight is 357 g/mol. The molecule has 1 aromatic carbocycles. The molecule has 1 N–H and O–H groups in total. The van der Waals surface area contributed by atoms with Crippen LogP contribution in [0.1, 0.15) is 37.1 Å². The number of fused-ring (bicyclic) bond motifs is 1. The van der Waals surface area contributed by atoms with Crippen LogP contribution in [0.2, 0.25) is 0 Å². The average Bonchev–Trinajstić information content (AvgIpc) is 3.21. The van der Waals surface area contributed by atoms with E-state index >= 15 is 0 Å². The summed E-state index contributed by atoms with van der Waals surface area (Å²) in [5, 5.41) is 7.16. The van der Waals surface area contributed by atoms with Gasteiger partial charge in [-0.05, 0) is 25.0 Å². The van der Waals surface area contributed by atoms with E-state index < -0.39 is 17.2 Å². The van der Waals surface area contributed by atoms with Crippen molar-refractivity contribution in [3.8, 4) is 0 Å². The molecule has 0 radical (unpaired) electrons. The summed E-state index contributed by atoms with van der Waals surface area (Å²) in [7, 11) is 0. The Morgan fingerprint density at radius 1 is 1.27 bits per heavy atom. The van der Waals surface area contributed by atoms with Gasteiger partial charge in [-0.3, -0.25) is 4.79 Å². The van der Waals surface area contributed by atoms with Crippen molar-refractivity contribution < 1.29 is 13.6 Å². The molecule has 3 aromatic rings. The van der Waals surface area contributed by atoms with Crippen LogP contribution < -0.4 is 5.32 Å². The minimum atomic E-state index is -0.813. The summed E-state index contributed by atoms with van der Waals surface area (Å²) in [6, 6.07) is 5.22. The molecular formula is C18H17F2N5O. The molecule has 0 unspecified atom stereocenters. The third-order valence-electron chi connectivity index (χ3n) is 4.76. The molecule has 6 nitrogen and oxygen atoms in total. The third kappa shape index (κ3) is 3.02. The number of rotatable bonds is 4. The van der Waals surface area contributed by atoms with Gasteiger partial charge >= 0.3 is 0 Å². The number of halogens is 2. The monoisotopic (exact) mass is 357 g/mol. The van der Waals surface area contributed by atoms with Crippen molar-refractivity contribution in [2.75, 3.05) is 0 Å². The fourth-order valence-electron chi connectivity index (χ4n) is 3.62. The Bertz CT molecular complexity index is 932. The SMILES string of the molecule is O=C(Cc1nc2ncccn2n1)NC1(c2ccc(F)cc2F)CCCC1. The van der Waals surface area contributed by atoms with Crippen molar-refractivity contribution in [3.63, 3.8) is 0 Å². The molecule has 1 aliphatic rings. The van der Waals surface area contributed by atoms with Crippen LogP contribution in [0.5, 0.6) is 0 Å². The van der Waals surface area contributed by atoms with E-state index in [2.05, 4.69) is 20.4 Å². The first-order valence-electron chi connectivity index (χ1n) is 8.49. The molecule has 0 spiro atoms. The van der Waals surface area contributed by atoms with Crippen LogP contribution in [-0.4, -0.2) is 25.5 Å². The summed E-state index contributed by atoms with van der Waals surface area (Å²) in [5.41, 5.74) is -0.485. The first-order chi connectivity index (χ1) is 12.6. The van der Waals surface area contributed by atoms with Crippen molar-refractivity contribution in [1.82, 2.24) is 24.9 Å². The number of carbonyl (C=O) groups excluding carboxylic acids is 1. The number of nitrogens with one attached hydrogen (secondary N) is 1. The lowest BCUT2D eigenvalue weighted by Gasteiger charge is -2.31. The zero-order valence-corrected chi connectivity index (χ0v) is 14.0. The molecule has 0 bridgehead atoms. The van der Waals surface area contributed by atoms with E-state index in [-0.39, 0.29) is 12.3 Å². The molecule has 1 fully saturated rings. The molecule has 0 atom stereocenters. The van der Waals surface area contributed by atoms with Gasteiger partial charge in [0, 0.05) is 24.0 Å². The zero-order valence-electron chi connectivity index (χ0n) is 14.0. The van der Waals surface area contributed by atoms with E-state index in [0.29, 0.717) is 30.0 Å². The van der Waals surface area contributed by atoms with Gasteiger partial charge < -0.3 is 5.32 Å².